The normalized spacial score (nSPS) is 26.1. The van der Waals surface area contributed by atoms with Gasteiger partial charge in [0.1, 0.15) is 18.1 Å². The molecule has 106 valence electrons. The quantitative estimate of drug-likeness (QED) is 0.804. The summed E-state index contributed by atoms with van der Waals surface area (Å²) in [5.41, 5.74) is 7.00. The minimum absolute atomic E-state index is 0.00123. The number of imidazole rings is 1. The number of fused-ring (bicyclic) bond motifs is 1. The summed E-state index contributed by atoms with van der Waals surface area (Å²) in [7, 11) is 0. The van der Waals surface area contributed by atoms with Crippen LogP contribution < -0.4 is 5.73 Å². The molecule has 0 bridgehead atoms. The predicted octanol–water partition coefficient (Wildman–Crippen LogP) is 0.881. The van der Waals surface area contributed by atoms with Crippen molar-refractivity contribution in [3.63, 3.8) is 0 Å². The van der Waals surface area contributed by atoms with Gasteiger partial charge in [0, 0.05) is 0 Å². The van der Waals surface area contributed by atoms with E-state index >= 15 is 0 Å². The predicted molar refractivity (Wildman–Crippen MR) is 73.7 cm³/mol. The second-order valence-corrected chi connectivity index (χ2v) is 4.91. The Bertz CT molecular complexity index is 626. The molecule has 3 N–H and O–H groups in total. The Hall–Kier alpha value is -1.99. The Balaban J connectivity index is 1.92. The van der Waals surface area contributed by atoms with Gasteiger partial charge in [0.15, 0.2) is 11.5 Å². The van der Waals surface area contributed by atoms with Crippen LogP contribution in [0.15, 0.2) is 25.3 Å². The van der Waals surface area contributed by atoms with Crippen molar-refractivity contribution in [2.75, 3.05) is 12.3 Å². The Labute approximate surface area is 116 Å². The number of ether oxygens (including phenoxy) is 1. The van der Waals surface area contributed by atoms with Crippen LogP contribution in [0, 0.1) is 5.92 Å². The molecule has 0 spiro atoms. The second kappa shape index (κ2) is 5.18. The van der Waals surface area contributed by atoms with Gasteiger partial charge in [-0.2, -0.15) is 0 Å². The van der Waals surface area contributed by atoms with Gasteiger partial charge in [-0.1, -0.05) is 6.08 Å². The van der Waals surface area contributed by atoms with Crippen molar-refractivity contribution in [3.8, 4) is 0 Å². The van der Waals surface area contributed by atoms with E-state index in [0.717, 1.165) is 12.8 Å². The molecule has 3 rings (SSSR count). The molecule has 20 heavy (non-hydrogen) atoms. The number of rotatable bonds is 4. The summed E-state index contributed by atoms with van der Waals surface area (Å²) in [6.45, 7) is 3.75. The average molecular weight is 275 g/mol. The summed E-state index contributed by atoms with van der Waals surface area (Å²) >= 11 is 0. The number of hydrogen-bond donors (Lipinski definition) is 2. The lowest BCUT2D eigenvalue weighted by Gasteiger charge is -2.14. The molecule has 1 saturated heterocycles. The summed E-state index contributed by atoms with van der Waals surface area (Å²) in [6.07, 6.45) is 6.13. The van der Waals surface area contributed by atoms with Crippen molar-refractivity contribution in [1.82, 2.24) is 19.5 Å². The first kappa shape index (κ1) is 13.0. The van der Waals surface area contributed by atoms with E-state index in [9.17, 15) is 5.11 Å². The van der Waals surface area contributed by atoms with Crippen LogP contribution in [-0.2, 0) is 4.74 Å². The lowest BCUT2D eigenvalue weighted by Crippen LogP contribution is -2.20. The van der Waals surface area contributed by atoms with Crippen LogP contribution in [0.1, 0.15) is 19.1 Å². The van der Waals surface area contributed by atoms with Gasteiger partial charge in [-0.15, -0.1) is 6.58 Å². The van der Waals surface area contributed by atoms with E-state index in [2.05, 4.69) is 21.5 Å². The SMILES string of the molecule is C=CCC1C[C@H](n2cnc3c(N)ncnc32)O[C@@H]1CO. The van der Waals surface area contributed by atoms with Crippen molar-refractivity contribution in [1.29, 1.82) is 0 Å². The van der Waals surface area contributed by atoms with Crippen LogP contribution in [0.5, 0.6) is 0 Å². The molecule has 1 aliphatic heterocycles. The minimum Gasteiger partial charge on any atom is -0.394 e. The van der Waals surface area contributed by atoms with Gasteiger partial charge in [0.05, 0.1) is 19.0 Å². The summed E-state index contributed by atoms with van der Waals surface area (Å²) in [5.74, 6) is 0.604. The number of anilines is 1. The van der Waals surface area contributed by atoms with Gasteiger partial charge in [0.25, 0.3) is 0 Å². The minimum atomic E-state index is -0.198. The van der Waals surface area contributed by atoms with E-state index in [1.54, 1.807) is 6.33 Å². The van der Waals surface area contributed by atoms with Crippen molar-refractivity contribution >= 4 is 17.0 Å². The lowest BCUT2D eigenvalue weighted by atomic mass is 9.97. The molecular weight excluding hydrogens is 258 g/mol. The highest BCUT2D eigenvalue weighted by Crippen LogP contribution is 2.36. The van der Waals surface area contributed by atoms with E-state index in [4.69, 9.17) is 10.5 Å². The molecule has 2 aromatic rings. The fourth-order valence-corrected chi connectivity index (χ4v) is 2.69. The summed E-state index contributed by atoms with van der Waals surface area (Å²) in [4.78, 5) is 12.4. The van der Waals surface area contributed by atoms with Gasteiger partial charge in [-0.05, 0) is 18.8 Å². The highest BCUT2D eigenvalue weighted by Gasteiger charge is 2.35. The number of nitrogens with zero attached hydrogens (tertiary/aromatic N) is 4. The molecule has 7 nitrogen and oxygen atoms in total. The lowest BCUT2D eigenvalue weighted by molar-refractivity contribution is -0.0288. The number of nitrogen functional groups attached to an aromatic ring is 1. The zero-order valence-electron chi connectivity index (χ0n) is 11.0. The van der Waals surface area contributed by atoms with Crippen LogP contribution >= 0.6 is 0 Å². The Morgan fingerprint density at radius 3 is 3.10 bits per heavy atom. The zero-order chi connectivity index (χ0) is 14.1. The molecule has 0 aromatic carbocycles. The van der Waals surface area contributed by atoms with Crippen molar-refractivity contribution < 1.29 is 9.84 Å². The molecule has 0 saturated carbocycles. The molecule has 0 radical (unpaired) electrons. The molecule has 1 unspecified atom stereocenters. The van der Waals surface area contributed by atoms with Gasteiger partial charge in [-0.25, -0.2) is 15.0 Å². The molecule has 1 fully saturated rings. The monoisotopic (exact) mass is 275 g/mol. The number of allylic oxidation sites excluding steroid dienone is 1. The van der Waals surface area contributed by atoms with E-state index in [0.29, 0.717) is 17.0 Å². The Morgan fingerprint density at radius 2 is 2.35 bits per heavy atom. The molecule has 1 aliphatic rings. The van der Waals surface area contributed by atoms with Crippen LogP contribution in [0.4, 0.5) is 5.82 Å². The number of aliphatic hydroxyl groups is 1. The maximum absolute atomic E-state index is 9.41. The highest BCUT2D eigenvalue weighted by molar-refractivity contribution is 5.81. The van der Waals surface area contributed by atoms with Crippen molar-refractivity contribution in [3.05, 3.63) is 25.3 Å². The number of aromatic nitrogens is 4. The third kappa shape index (κ3) is 2.04. The van der Waals surface area contributed by atoms with Gasteiger partial charge in [0.2, 0.25) is 0 Å². The molecule has 0 aliphatic carbocycles. The Kier molecular flexibility index (Phi) is 3.37. The average Bonchev–Trinajstić information content (AvgIpc) is 3.03. The Morgan fingerprint density at radius 1 is 1.50 bits per heavy atom. The molecule has 3 atom stereocenters. The van der Waals surface area contributed by atoms with Crippen LogP contribution in [0.25, 0.3) is 11.2 Å². The maximum atomic E-state index is 9.41. The third-order valence-corrected chi connectivity index (χ3v) is 3.71. The van der Waals surface area contributed by atoms with E-state index in [1.807, 2.05) is 10.6 Å². The number of hydrogen-bond acceptors (Lipinski definition) is 6. The molecule has 7 heteroatoms. The topological polar surface area (TPSA) is 99.1 Å². The van der Waals surface area contributed by atoms with Crippen LogP contribution in [-0.4, -0.2) is 37.3 Å². The standard InChI is InChI=1S/C13H17N5O2/c1-2-3-8-4-10(20-9(8)5-19)18-7-17-11-12(14)15-6-16-13(11)18/h2,6-10,19H,1,3-5H2,(H2,14,15,16)/t8?,9-,10-/m1/s1. The fraction of sp³-hybridized carbons (Fsp3) is 0.462. The molecular formula is C13H17N5O2. The van der Waals surface area contributed by atoms with E-state index < -0.39 is 0 Å². The van der Waals surface area contributed by atoms with Gasteiger partial charge < -0.3 is 15.6 Å². The highest BCUT2D eigenvalue weighted by atomic mass is 16.5. The first-order valence-electron chi connectivity index (χ1n) is 6.54. The van der Waals surface area contributed by atoms with E-state index in [-0.39, 0.29) is 24.9 Å². The summed E-state index contributed by atoms with van der Waals surface area (Å²) < 4.78 is 7.74. The molecule has 2 aromatic heterocycles. The van der Waals surface area contributed by atoms with Gasteiger partial charge in [-0.3, -0.25) is 4.57 Å². The zero-order valence-corrected chi connectivity index (χ0v) is 11.0. The van der Waals surface area contributed by atoms with Crippen molar-refractivity contribution in [2.24, 2.45) is 5.92 Å². The summed E-state index contributed by atoms with van der Waals surface area (Å²) in [6, 6.07) is 0. The first-order valence-corrected chi connectivity index (χ1v) is 6.54. The van der Waals surface area contributed by atoms with Crippen LogP contribution in [0.2, 0.25) is 0 Å². The molecule has 0 amide bonds. The van der Waals surface area contributed by atoms with E-state index in [1.165, 1.54) is 6.33 Å². The van der Waals surface area contributed by atoms with Gasteiger partial charge >= 0.3 is 0 Å². The maximum Gasteiger partial charge on any atom is 0.167 e. The largest absolute Gasteiger partial charge is 0.394 e. The smallest absolute Gasteiger partial charge is 0.167 e. The first-order chi connectivity index (χ1) is 9.74. The molecule has 3 heterocycles. The number of aliphatic hydroxyl groups excluding tert-OH is 1. The number of nitrogens with two attached hydrogens (primary N) is 1. The van der Waals surface area contributed by atoms with Crippen LogP contribution in [0.3, 0.4) is 0 Å². The second-order valence-electron chi connectivity index (χ2n) is 4.91. The van der Waals surface area contributed by atoms with Crippen molar-refractivity contribution in [2.45, 2.75) is 25.2 Å². The fourth-order valence-electron chi connectivity index (χ4n) is 2.69. The summed E-state index contributed by atoms with van der Waals surface area (Å²) in [5, 5.41) is 9.41. The third-order valence-electron chi connectivity index (χ3n) is 3.71.